The van der Waals surface area contributed by atoms with Crippen molar-refractivity contribution in [3.63, 3.8) is 0 Å². The summed E-state index contributed by atoms with van der Waals surface area (Å²) in [5.41, 5.74) is 3.22. The summed E-state index contributed by atoms with van der Waals surface area (Å²) in [5.74, 6) is 1.39. The third-order valence-corrected chi connectivity index (χ3v) is 5.74. The third kappa shape index (κ3) is 8.42. The number of aliphatic imine (C=N–C) groups is 1. The molecular weight excluding hydrogens is 400 g/mol. The van der Waals surface area contributed by atoms with Gasteiger partial charge in [0.15, 0.2) is 5.96 Å². The van der Waals surface area contributed by atoms with Crippen LogP contribution in [-0.2, 0) is 23.0 Å². The Morgan fingerprint density at radius 2 is 1.87 bits per heavy atom. The van der Waals surface area contributed by atoms with E-state index < -0.39 is 10.0 Å². The van der Waals surface area contributed by atoms with E-state index in [-0.39, 0.29) is 18.8 Å². The Balaban J connectivity index is 1.84. The number of hydrogen-bond donors (Lipinski definition) is 3. The Hall–Kier alpha value is -2.58. The SMILES string of the molecule is CCNC(=NCCS(=O)(=O)NCc1ccccc1)NCCc1cc(C)ccc1OC. The molecule has 0 aliphatic rings. The first-order valence-corrected chi connectivity index (χ1v) is 11.8. The second kappa shape index (κ2) is 12.2. The lowest BCUT2D eigenvalue weighted by Gasteiger charge is -2.13. The fourth-order valence-corrected chi connectivity index (χ4v) is 3.76. The van der Waals surface area contributed by atoms with Crippen LogP contribution in [0.2, 0.25) is 0 Å². The van der Waals surface area contributed by atoms with Crippen LogP contribution in [0.5, 0.6) is 5.75 Å². The predicted molar refractivity (Wildman–Crippen MR) is 122 cm³/mol. The molecule has 8 heteroatoms. The predicted octanol–water partition coefficient (Wildman–Crippen LogP) is 2.22. The maximum absolute atomic E-state index is 12.2. The van der Waals surface area contributed by atoms with E-state index >= 15 is 0 Å². The van der Waals surface area contributed by atoms with Gasteiger partial charge in [0.2, 0.25) is 10.0 Å². The van der Waals surface area contributed by atoms with Crippen LogP contribution >= 0.6 is 0 Å². The molecule has 0 saturated carbocycles. The van der Waals surface area contributed by atoms with Crippen LogP contribution in [0.25, 0.3) is 0 Å². The van der Waals surface area contributed by atoms with Crippen molar-refractivity contribution in [3.05, 3.63) is 65.2 Å². The molecule has 0 amide bonds. The number of nitrogens with one attached hydrogen (secondary N) is 3. The highest BCUT2D eigenvalue weighted by atomic mass is 32.2. The van der Waals surface area contributed by atoms with E-state index in [0.29, 0.717) is 19.0 Å². The zero-order valence-electron chi connectivity index (χ0n) is 17.9. The molecule has 0 unspecified atom stereocenters. The standard InChI is InChI=1S/C22H32N4O3S/c1-4-23-22(24-13-12-20-16-18(2)10-11-21(20)29-3)25-14-15-30(27,28)26-17-19-8-6-5-7-9-19/h5-11,16,26H,4,12-15,17H2,1-3H3,(H2,23,24,25). The van der Waals surface area contributed by atoms with Gasteiger partial charge in [-0.1, -0.05) is 48.0 Å². The van der Waals surface area contributed by atoms with Crippen LogP contribution in [0, 0.1) is 6.92 Å². The fraction of sp³-hybridized carbons (Fsp3) is 0.409. The first kappa shape index (κ1) is 23.7. The number of methoxy groups -OCH3 is 1. The van der Waals surface area contributed by atoms with Crippen molar-refractivity contribution in [3.8, 4) is 5.75 Å². The molecule has 0 spiro atoms. The number of rotatable bonds is 11. The van der Waals surface area contributed by atoms with Crippen molar-refractivity contribution in [1.29, 1.82) is 0 Å². The van der Waals surface area contributed by atoms with Crippen molar-refractivity contribution < 1.29 is 13.2 Å². The van der Waals surface area contributed by atoms with Crippen molar-refractivity contribution in [2.75, 3.05) is 32.5 Å². The number of ether oxygens (including phenoxy) is 1. The monoisotopic (exact) mass is 432 g/mol. The Kier molecular flexibility index (Phi) is 9.63. The summed E-state index contributed by atoms with van der Waals surface area (Å²) in [7, 11) is -1.73. The van der Waals surface area contributed by atoms with Crippen LogP contribution in [0.3, 0.4) is 0 Å². The highest BCUT2D eigenvalue weighted by molar-refractivity contribution is 7.89. The van der Waals surface area contributed by atoms with Gasteiger partial charge < -0.3 is 15.4 Å². The summed E-state index contributed by atoms with van der Waals surface area (Å²) >= 11 is 0. The van der Waals surface area contributed by atoms with Gasteiger partial charge in [-0.25, -0.2) is 13.1 Å². The average Bonchev–Trinajstić information content (AvgIpc) is 2.73. The van der Waals surface area contributed by atoms with E-state index in [9.17, 15) is 8.42 Å². The first-order chi connectivity index (χ1) is 14.4. The van der Waals surface area contributed by atoms with E-state index in [4.69, 9.17) is 4.74 Å². The number of benzene rings is 2. The first-order valence-electron chi connectivity index (χ1n) is 10.1. The summed E-state index contributed by atoms with van der Waals surface area (Å²) in [6, 6.07) is 15.5. The highest BCUT2D eigenvalue weighted by Crippen LogP contribution is 2.19. The molecule has 0 saturated heterocycles. The molecule has 0 bridgehead atoms. The second-order valence-corrected chi connectivity index (χ2v) is 8.80. The molecule has 0 aromatic heterocycles. The van der Waals surface area contributed by atoms with E-state index in [1.54, 1.807) is 7.11 Å². The number of sulfonamides is 1. The maximum atomic E-state index is 12.2. The molecule has 7 nitrogen and oxygen atoms in total. The summed E-state index contributed by atoms with van der Waals surface area (Å²) in [5, 5.41) is 6.40. The average molecular weight is 433 g/mol. The number of aryl methyl sites for hydroxylation is 1. The van der Waals surface area contributed by atoms with Gasteiger partial charge in [0, 0.05) is 19.6 Å². The fourth-order valence-electron chi connectivity index (χ4n) is 2.90. The molecule has 0 aliphatic carbocycles. The molecule has 3 N–H and O–H groups in total. The van der Waals surface area contributed by atoms with Gasteiger partial charge in [0.1, 0.15) is 5.75 Å². The summed E-state index contributed by atoms with van der Waals surface area (Å²) in [6.45, 7) is 5.83. The van der Waals surface area contributed by atoms with Crippen LogP contribution in [0.1, 0.15) is 23.6 Å². The molecule has 0 atom stereocenters. The number of hydrogen-bond acceptors (Lipinski definition) is 4. The lowest BCUT2D eigenvalue weighted by molar-refractivity contribution is 0.409. The van der Waals surface area contributed by atoms with Crippen LogP contribution < -0.4 is 20.1 Å². The quantitative estimate of drug-likeness (QED) is 0.374. The third-order valence-electron chi connectivity index (χ3n) is 4.44. The van der Waals surface area contributed by atoms with Crippen molar-refractivity contribution in [2.24, 2.45) is 4.99 Å². The Morgan fingerprint density at radius 1 is 1.10 bits per heavy atom. The molecule has 0 aliphatic heterocycles. The van der Waals surface area contributed by atoms with Gasteiger partial charge >= 0.3 is 0 Å². The molecule has 2 aromatic rings. The molecule has 2 rings (SSSR count). The molecule has 164 valence electrons. The Bertz CT molecular complexity index is 915. The van der Waals surface area contributed by atoms with Gasteiger partial charge in [0.05, 0.1) is 19.4 Å². The van der Waals surface area contributed by atoms with E-state index in [0.717, 1.165) is 23.3 Å². The zero-order valence-corrected chi connectivity index (χ0v) is 18.8. The second-order valence-electron chi connectivity index (χ2n) is 6.88. The normalized spacial score (nSPS) is 11.9. The van der Waals surface area contributed by atoms with Crippen LogP contribution in [0.15, 0.2) is 53.5 Å². The summed E-state index contributed by atoms with van der Waals surface area (Å²) in [6.07, 6.45) is 0.770. The van der Waals surface area contributed by atoms with E-state index in [1.807, 2.05) is 56.3 Å². The van der Waals surface area contributed by atoms with Gasteiger partial charge in [-0.2, -0.15) is 0 Å². The smallest absolute Gasteiger partial charge is 0.213 e. The Morgan fingerprint density at radius 3 is 2.57 bits per heavy atom. The Labute approximate surface area is 180 Å². The minimum Gasteiger partial charge on any atom is -0.496 e. The van der Waals surface area contributed by atoms with Crippen molar-refractivity contribution in [1.82, 2.24) is 15.4 Å². The maximum Gasteiger partial charge on any atom is 0.213 e. The topological polar surface area (TPSA) is 91.8 Å². The van der Waals surface area contributed by atoms with Gasteiger partial charge in [-0.15, -0.1) is 0 Å². The van der Waals surface area contributed by atoms with Crippen LogP contribution in [-0.4, -0.2) is 46.9 Å². The molecule has 30 heavy (non-hydrogen) atoms. The lowest BCUT2D eigenvalue weighted by atomic mass is 10.1. The molecule has 0 radical (unpaired) electrons. The minimum atomic E-state index is -3.40. The summed E-state index contributed by atoms with van der Waals surface area (Å²) in [4.78, 5) is 4.39. The van der Waals surface area contributed by atoms with Crippen molar-refractivity contribution in [2.45, 2.75) is 26.8 Å². The summed E-state index contributed by atoms with van der Waals surface area (Å²) < 4.78 is 32.4. The van der Waals surface area contributed by atoms with Gasteiger partial charge in [-0.3, -0.25) is 4.99 Å². The molecule has 2 aromatic carbocycles. The van der Waals surface area contributed by atoms with Gasteiger partial charge in [-0.05, 0) is 37.5 Å². The minimum absolute atomic E-state index is 0.0674. The largest absolute Gasteiger partial charge is 0.496 e. The zero-order chi connectivity index (χ0) is 21.8. The van der Waals surface area contributed by atoms with E-state index in [2.05, 4.69) is 26.4 Å². The van der Waals surface area contributed by atoms with E-state index in [1.165, 1.54) is 5.56 Å². The molecule has 0 fully saturated rings. The van der Waals surface area contributed by atoms with Crippen LogP contribution in [0.4, 0.5) is 0 Å². The lowest BCUT2D eigenvalue weighted by Crippen LogP contribution is -2.39. The number of guanidine groups is 1. The number of nitrogens with zero attached hydrogens (tertiary/aromatic N) is 1. The molecule has 0 heterocycles. The molecular formula is C22H32N4O3S. The van der Waals surface area contributed by atoms with Gasteiger partial charge in [0.25, 0.3) is 0 Å². The highest BCUT2D eigenvalue weighted by Gasteiger charge is 2.10. The van der Waals surface area contributed by atoms with Crippen molar-refractivity contribution >= 4 is 16.0 Å².